The maximum atomic E-state index is 13.0. The number of thiophene rings is 1. The van der Waals surface area contributed by atoms with Crippen LogP contribution in [0.1, 0.15) is 18.4 Å². The Bertz CT molecular complexity index is 1140. The van der Waals surface area contributed by atoms with Gasteiger partial charge in [-0.15, -0.1) is 23.1 Å². The highest BCUT2D eigenvalue weighted by Gasteiger charge is 2.34. The van der Waals surface area contributed by atoms with E-state index in [0.717, 1.165) is 48.6 Å². The van der Waals surface area contributed by atoms with Crippen molar-refractivity contribution in [3.63, 3.8) is 0 Å². The largest absolute Gasteiger partial charge is 0.374 e. The van der Waals surface area contributed by atoms with Crippen molar-refractivity contribution in [3.8, 4) is 0 Å². The third kappa shape index (κ3) is 3.96. The van der Waals surface area contributed by atoms with Crippen LogP contribution in [0.5, 0.6) is 0 Å². The molecule has 31 heavy (non-hydrogen) atoms. The van der Waals surface area contributed by atoms with Gasteiger partial charge in [-0.2, -0.15) is 5.10 Å². The third-order valence-electron chi connectivity index (χ3n) is 5.86. The second kappa shape index (κ2) is 8.14. The highest BCUT2D eigenvalue weighted by atomic mass is 32.2. The number of rotatable bonds is 6. The molecule has 4 heterocycles. The highest BCUT2D eigenvalue weighted by molar-refractivity contribution is 8.15. The van der Waals surface area contributed by atoms with Crippen LogP contribution in [0.25, 0.3) is 0 Å². The van der Waals surface area contributed by atoms with E-state index in [1.165, 1.54) is 21.4 Å². The number of hydrogen-bond acceptors (Lipinski definition) is 8. The lowest BCUT2D eigenvalue weighted by Crippen LogP contribution is -2.28. The number of anilines is 2. The Morgan fingerprint density at radius 3 is 2.90 bits per heavy atom. The fraction of sp³-hybridized carbons (Fsp3) is 0.429. The molecule has 10 heteroatoms. The second-order valence-corrected chi connectivity index (χ2v) is 12.5. The van der Waals surface area contributed by atoms with Crippen molar-refractivity contribution in [2.24, 2.45) is 10.1 Å². The van der Waals surface area contributed by atoms with E-state index >= 15 is 0 Å². The Kier molecular flexibility index (Phi) is 5.47. The maximum Gasteiger partial charge on any atom is 0.273 e. The first-order valence-electron chi connectivity index (χ1n) is 10.3. The fourth-order valence-corrected chi connectivity index (χ4v) is 7.82. The number of sulfonamides is 1. The van der Waals surface area contributed by atoms with E-state index in [-0.39, 0.29) is 6.04 Å². The van der Waals surface area contributed by atoms with Crippen LogP contribution in [0.4, 0.5) is 11.4 Å². The molecule has 5 rings (SSSR count). The number of benzene rings is 1. The molecule has 0 amide bonds. The molecule has 0 radical (unpaired) electrons. The summed E-state index contributed by atoms with van der Waals surface area (Å²) in [6, 6.07) is 9.36. The van der Waals surface area contributed by atoms with E-state index in [0.29, 0.717) is 15.1 Å². The number of aliphatic imine (C=N–C) groups is 1. The van der Waals surface area contributed by atoms with Gasteiger partial charge in [-0.05, 0) is 23.1 Å². The molecule has 3 aliphatic heterocycles. The lowest BCUT2D eigenvalue weighted by Gasteiger charge is -2.22. The Hall–Kier alpha value is -2.04. The molecule has 2 unspecified atom stereocenters. The van der Waals surface area contributed by atoms with Gasteiger partial charge in [-0.1, -0.05) is 18.2 Å². The summed E-state index contributed by atoms with van der Waals surface area (Å²) in [4.78, 5) is 4.83. The average molecular weight is 476 g/mol. The van der Waals surface area contributed by atoms with Gasteiger partial charge in [0.2, 0.25) is 0 Å². The number of hydrazone groups is 1. The minimum atomic E-state index is -3.57. The average Bonchev–Trinajstić information content (AvgIpc) is 3.53. The molecule has 1 aromatic carbocycles. The van der Waals surface area contributed by atoms with Gasteiger partial charge in [-0.3, -0.25) is 14.3 Å². The lowest BCUT2D eigenvalue weighted by molar-refractivity contribution is 0.393. The minimum Gasteiger partial charge on any atom is -0.374 e. The molecule has 0 aliphatic carbocycles. The SMILES string of the molecule is CN1CCC(CC2CN=C(C3Cc4cccc(N(C)S(=O)(=O)c5cccs5)c4N3)S2)=N1. The number of hydrogen-bond donors (Lipinski definition) is 1. The molecule has 0 bridgehead atoms. The van der Waals surface area contributed by atoms with Crippen LogP contribution in [-0.4, -0.2) is 62.7 Å². The van der Waals surface area contributed by atoms with Crippen molar-refractivity contribution >= 4 is 55.3 Å². The first kappa shape index (κ1) is 20.8. The molecule has 3 aliphatic rings. The monoisotopic (exact) mass is 475 g/mol. The maximum absolute atomic E-state index is 13.0. The Balaban J connectivity index is 1.30. The van der Waals surface area contributed by atoms with Gasteiger partial charge < -0.3 is 5.32 Å². The van der Waals surface area contributed by atoms with Crippen molar-refractivity contribution in [2.45, 2.75) is 34.8 Å². The van der Waals surface area contributed by atoms with E-state index in [9.17, 15) is 8.42 Å². The Morgan fingerprint density at radius 2 is 2.16 bits per heavy atom. The smallest absolute Gasteiger partial charge is 0.273 e. The van der Waals surface area contributed by atoms with Gasteiger partial charge in [0.1, 0.15) is 4.21 Å². The summed E-state index contributed by atoms with van der Waals surface area (Å²) in [5, 5.41) is 13.5. The first-order chi connectivity index (χ1) is 14.9. The molecule has 0 fully saturated rings. The number of para-hydroxylation sites is 1. The lowest BCUT2D eigenvalue weighted by atomic mass is 10.1. The van der Waals surface area contributed by atoms with Gasteiger partial charge in [0.25, 0.3) is 10.0 Å². The molecule has 0 saturated heterocycles. The van der Waals surface area contributed by atoms with Crippen LogP contribution in [0, 0.1) is 0 Å². The van der Waals surface area contributed by atoms with Gasteiger partial charge in [0.15, 0.2) is 0 Å². The van der Waals surface area contributed by atoms with Crippen LogP contribution in [0.15, 0.2) is 50.0 Å². The van der Waals surface area contributed by atoms with E-state index < -0.39 is 10.0 Å². The van der Waals surface area contributed by atoms with Crippen LogP contribution in [-0.2, 0) is 16.4 Å². The molecular formula is C21H25N5O2S3. The zero-order chi connectivity index (χ0) is 21.6. The summed E-state index contributed by atoms with van der Waals surface area (Å²) in [7, 11) is 0.0652. The normalized spacial score (nSPS) is 22.8. The van der Waals surface area contributed by atoms with Crippen molar-refractivity contribution in [1.29, 1.82) is 0 Å². The molecule has 0 spiro atoms. The third-order valence-corrected chi connectivity index (χ3v) is 10.3. The summed E-state index contributed by atoms with van der Waals surface area (Å²) in [6.45, 7) is 1.82. The molecule has 164 valence electrons. The number of nitrogens with zero attached hydrogens (tertiary/aromatic N) is 4. The van der Waals surface area contributed by atoms with Crippen LogP contribution in [0.2, 0.25) is 0 Å². The highest BCUT2D eigenvalue weighted by Crippen LogP contribution is 2.40. The molecular weight excluding hydrogens is 450 g/mol. The molecule has 7 nitrogen and oxygen atoms in total. The van der Waals surface area contributed by atoms with Crippen molar-refractivity contribution in [2.75, 3.05) is 36.8 Å². The van der Waals surface area contributed by atoms with Crippen LogP contribution < -0.4 is 9.62 Å². The molecule has 2 atom stereocenters. The summed E-state index contributed by atoms with van der Waals surface area (Å²) in [6.07, 6.45) is 2.84. The van der Waals surface area contributed by atoms with Gasteiger partial charge in [-0.25, -0.2) is 8.42 Å². The zero-order valence-corrected chi connectivity index (χ0v) is 19.9. The second-order valence-electron chi connectivity index (χ2n) is 8.04. The minimum absolute atomic E-state index is 0.0946. The number of fused-ring (bicyclic) bond motifs is 1. The summed E-state index contributed by atoms with van der Waals surface area (Å²) < 4.78 is 27.8. The summed E-state index contributed by atoms with van der Waals surface area (Å²) in [5.74, 6) is 0. The van der Waals surface area contributed by atoms with Gasteiger partial charge >= 0.3 is 0 Å². The Morgan fingerprint density at radius 1 is 1.29 bits per heavy atom. The molecule has 1 N–H and O–H groups in total. The number of thioether (sulfide) groups is 1. The van der Waals surface area contributed by atoms with Gasteiger partial charge in [0, 0.05) is 50.9 Å². The zero-order valence-electron chi connectivity index (χ0n) is 17.5. The van der Waals surface area contributed by atoms with Crippen molar-refractivity contribution < 1.29 is 8.42 Å². The predicted molar refractivity (Wildman–Crippen MR) is 130 cm³/mol. The quantitative estimate of drug-likeness (QED) is 0.692. The summed E-state index contributed by atoms with van der Waals surface area (Å²) in [5.41, 5.74) is 3.96. The van der Waals surface area contributed by atoms with Crippen molar-refractivity contribution in [3.05, 3.63) is 41.3 Å². The van der Waals surface area contributed by atoms with Crippen molar-refractivity contribution in [1.82, 2.24) is 5.01 Å². The van der Waals surface area contributed by atoms with E-state index in [1.54, 1.807) is 24.6 Å². The van der Waals surface area contributed by atoms with E-state index in [2.05, 4.69) is 16.5 Å². The van der Waals surface area contributed by atoms with Crippen LogP contribution in [0.3, 0.4) is 0 Å². The predicted octanol–water partition coefficient (Wildman–Crippen LogP) is 3.51. The van der Waals surface area contributed by atoms with E-state index in [4.69, 9.17) is 4.99 Å². The topological polar surface area (TPSA) is 77.4 Å². The van der Waals surface area contributed by atoms with Crippen LogP contribution >= 0.6 is 23.1 Å². The molecule has 0 saturated carbocycles. The fourth-order valence-electron chi connectivity index (χ4n) is 4.23. The molecule has 2 aromatic rings. The Labute approximate surface area is 191 Å². The van der Waals surface area contributed by atoms with Gasteiger partial charge in [0.05, 0.1) is 29.0 Å². The van der Waals surface area contributed by atoms with E-state index in [1.807, 2.05) is 36.0 Å². The standard InChI is InChI=1S/C21H25N5O2S3/c1-25-9-8-15(24-25)12-16-13-22-21(30-16)17-11-14-5-3-6-18(20(14)23-17)26(2)31(27,28)19-7-4-10-29-19/h3-7,10,16-17,23H,8-9,11-13H2,1-2H3. The number of nitrogens with one attached hydrogen (secondary N) is 1. The summed E-state index contributed by atoms with van der Waals surface area (Å²) >= 11 is 3.08. The molecule has 1 aromatic heterocycles. The first-order valence-corrected chi connectivity index (χ1v) is 13.5.